The number of halogens is 4. The van der Waals surface area contributed by atoms with Crippen molar-refractivity contribution in [3.63, 3.8) is 0 Å². The van der Waals surface area contributed by atoms with E-state index in [9.17, 15) is 22.4 Å². The van der Waals surface area contributed by atoms with E-state index in [2.05, 4.69) is 0 Å². The van der Waals surface area contributed by atoms with Crippen molar-refractivity contribution in [1.82, 2.24) is 0 Å². The molecule has 0 unspecified atom stereocenters. The van der Waals surface area contributed by atoms with E-state index in [4.69, 9.17) is 5.11 Å². The van der Waals surface area contributed by atoms with Crippen LogP contribution in [0.4, 0.5) is 17.6 Å². The number of hydrogen-bond donors (Lipinski definition) is 1. The Morgan fingerprint density at radius 2 is 1.86 bits per heavy atom. The maximum absolute atomic E-state index is 12.8. The van der Waals surface area contributed by atoms with Crippen molar-refractivity contribution < 1.29 is 27.5 Å². The first-order valence-electron chi connectivity index (χ1n) is 3.99. The van der Waals surface area contributed by atoms with E-state index in [1.54, 1.807) is 6.92 Å². The van der Waals surface area contributed by atoms with Gasteiger partial charge in [-0.2, -0.15) is 13.2 Å². The van der Waals surface area contributed by atoms with Gasteiger partial charge in [0.2, 0.25) is 0 Å². The standard InChI is InChI=1S/C8H10F4O2/c1-2-3-4-5(9)6(7(13)14)8(10,11)12/h2-4H2,1H3,(H,13,14). The number of carboxylic acids is 1. The molecule has 6 heteroatoms. The zero-order chi connectivity index (χ0) is 11.4. The molecule has 0 saturated carbocycles. The molecule has 0 rings (SSSR count). The smallest absolute Gasteiger partial charge is 0.425 e. The summed E-state index contributed by atoms with van der Waals surface area (Å²) in [6.07, 6.45) is -4.93. The zero-order valence-corrected chi connectivity index (χ0v) is 7.49. The summed E-state index contributed by atoms with van der Waals surface area (Å²) in [5.41, 5.74) is -2.09. The molecule has 0 aliphatic rings. The normalized spacial score (nSPS) is 13.8. The maximum atomic E-state index is 12.8. The van der Waals surface area contributed by atoms with Crippen molar-refractivity contribution >= 4 is 5.97 Å². The van der Waals surface area contributed by atoms with E-state index in [-0.39, 0.29) is 6.42 Å². The maximum Gasteiger partial charge on any atom is 0.425 e. The lowest BCUT2D eigenvalue weighted by Crippen LogP contribution is -2.21. The second-order valence-electron chi connectivity index (χ2n) is 2.69. The van der Waals surface area contributed by atoms with E-state index in [1.807, 2.05) is 0 Å². The van der Waals surface area contributed by atoms with Crippen LogP contribution in [0.3, 0.4) is 0 Å². The first-order valence-corrected chi connectivity index (χ1v) is 3.99. The second-order valence-corrected chi connectivity index (χ2v) is 2.69. The Balaban J connectivity index is 4.87. The van der Waals surface area contributed by atoms with Gasteiger partial charge in [0.1, 0.15) is 5.83 Å². The SMILES string of the molecule is CCCCC(F)=C(C(=O)O)C(F)(F)F. The van der Waals surface area contributed by atoms with Crippen LogP contribution >= 0.6 is 0 Å². The molecule has 0 amide bonds. The third-order valence-corrected chi connectivity index (χ3v) is 1.52. The third-order valence-electron chi connectivity index (χ3n) is 1.52. The summed E-state index contributed by atoms with van der Waals surface area (Å²) in [6.45, 7) is 1.67. The van der Waals surface area contributed by atoms with Crippen molar-refractivity contribution in [2.75, 3.05) is 0 Å². The Kier molecular flexibility index (Phi) is 4.59. The summed E-state index contributed by atoms with van der Waals surface area (Å²) >= 11 is 0. The van der Waals surface area contributed by atoms with Crippen LogP contribution in [0, 0.1) is 0 Å². The summed E-state index contributed by atoms with van der Waals surface area (Å²) < 4.78 is 48.7. The molecule has 0 heterocycles. The minimum absolute atomic E-state index is 0.193. The van der Waals surface area contributed by atoms with Crippen LogP contribution < -0.4 is 0 Å². The Hall–Kier alpha value is -1.07. The first kappa shape index (κ1) is 12.9. The van der Waals surface area contributed by atoms with Crippen LogP contribution in [-0.2, 0) is 4.79 Å². The van der Waals surface area contributed by atoms with E-state index in [0.29, 0.717) is 6.42 Å². The molecule has 0 fully saturated rings. The average molecular weight is 214 g/mol. The fourth-order valence-corrected chi connectivity index (χ4v) is 0.848. The molecule has 0 atom stereocenters. The van der Waals surface area contributed by atoms with Crippen LogP contribution in [0.1, 0.15) is 26.2 Å². The predicted octanol–water partition coefficient (Wildman–Crippen LogP) is 3.05. The van der Waals surface area contributed by atoms with Crippen molar-refractivity contribution in [3.8, 4) is 0 Å². The van der Waals surface area contributed by atoms with Crippen LogP contribution in [0.2, 0.25) is 0 Å². The van der Waals surface area contributed by atoms with Gasteiger partial charge in [-0.15, -0.1) is 0 Å². The highest BCUT2D eigenvalue weighted by atomic mass is 19.4. The number of hydrogen-bond acceptors (Lipinski definition) is 1. The summed E-state index contributed by atoms with van der Waals surface area (Å²) in [5, 5.41) is 8.16. The molecule has 0 spiro atoms. The van der Waals surface area contributed by atoms with Gasteiger partial charge in [-0.05, 0) is 6.42 Å². The molecular formula is C8H10F4O2. The summed E-state index contributed by atoms with van der Waals surface area (Å²) in [6, 6.07) is 0. The number of allylic oxidation sites excluding steroid dienone is 1. The number of carboxylic acid groups (broad SMARTS) is 1. The molecular weight excluding hydrogens is 204 g/mol. The van der Waals surface area contributed by atoms with Crippen LogP contribution in [-0.4, -0.2) is 17.3 Å². The minimum atomic E-state index is -5.14. The Morgan fingerprint density at radius 3 is 2.14 bits per heavy atom. The largest absolute Gasteiger partial charge is 0.478 e. The fourth-order valence-electron chi connectivity index (χ4n) is 0.848. The van der Waals surface area contributed by atoms with Gasteiger partial charge >= 0.3 is 12.1 Å². The van der Waals surface area contributed by atoms with Gasteiger partial charge in [0, 0.05) is 6.42 Å². The number of unbranched alkanes of at least 4 members (excludes halogenated alkanes) is 1. The lowest BCUT2D eigenvalue weighted by Gasteiger charge is -2.08. The first-order chi connectivity index (χ1) is 6.30. The van der Waals surface area contributed by atoms with Crippen LogP contribution in [0.15, 0.2) is 11.4 Å². The van der Waals surface area contributed by atoms with Gasteiger partial charge in [0.05, 0.1) is 0 Å². The minimum Gasteiger partial charge on any atom is -0.478 e. The molecule has 0 aromatic rings. The lowest BCUT2D eigenvalue weighted by atomic mass is 10.1. The topological polar surface area (TPSA) is 37.3 Å². The molecule has 0 aromatic carbocycles. The quantitative estimate of drug-likeness (QED) is 0.576. The monoisotopic (exact) mass is 214 g/mol. The van der Waals surface area contributed by atoms with E-state index in [0.717, 1.165) is 0 Å². The molecule has 0 radical (unpaired) electrons. The van der Waals surface area contributed by atoms with Crippen LogP contribution in [0.25, 0.3) is 0 Å². The number of aliphatic carboxylic acids is 1. The summed E-state index contributed by atoms with van der Waals surface area (Å²) in [4.78, 5) is 10.1. The van der Waals surface area contributed by atoms with Gasteiger partial charge in [-0.3, -0.25) is 0 Å². The van der Waals surface area contributed by atoms with Gasteiger partial charge in [-0.25, -0.2) is 9.18 Å². The molecule has 0 aliphatic heterocycles. The van der Waals surface area contributed by atoms with Gasteiger partial charge in [0.25, 0.3) is 0 Å². The fraction of sp³-hybridized carbons (Fsp3) is 0.625. The highest BCUT2D eigenvalue weighted by Crippen LogP contribution is 2.30. The van der Waals surface area contributed by atoms with Gasteiger partial charge in [-0.1, -0.05) is 13.3 Å². The van der Waals surface area contributed by atoms with Crippen LogP contribution in [0.5, 0.6) is 0 Å². The Labute approximate surface area is 78.2 Å². The lowest BCUT2D eigenvalue weighted by molar-refractivity contribution is -0.145. The average Bonchev–Trinajstić information content (AvgIpc) is 1.97. The van der Waals surface area contributed by atoms with Crippen molar-refractivity contribution in [2.24, 2.45) is 0 Å². The summed E-state index contributed by atoms with van der Waals surface area (Å²) in [5.74, 6) is -3.88. The Morgan fingerprint density at radius 1 is 1.36 bits per heavy atom. The molecule has 2 nitrogen and oxygen atoms in total. The third kappa shape index (κ3) is 3.76. The number of carbonyl (C=O) groups is 1. The molecule has 14 heavy (non-hydrogen) atoms. The Bertz CT molecular complexity index is 242. The van der Waals surface area contributed by atoms with Crippen molar-refractivity contribution in [2.45, 2.75) is 32.4 Å². The molecule has 0 aliphatic carbocycles. The molecule has 1 N–H and O–H groups in total. The van der Waals surface area contributed by atoms with Gasteiger partial charge in [0.15, 0.2) is 5.57 Å². The number of alkyl halides is 3. The summed E-state index contributed by atoms with van der Waals surface area (Å²) in [7, 11) is 0. The molecule has 0 saturated heterocycles. The highest BCUT2D eigenvalue weighted by Gasteiger charge is 2.41. The van der Waals surface area contributed by atoms with Gasteiger partial charge < -0.3 is 5.11 Å². The molecule has 0 aromatic heterocycles. The van der Waals surface area contributed by atoms with Crippen molar-refractivity contribution in [1.29, 1.82) is 0 Å². The second kappa shape index (κ2) is 4.97. The van der Waals surface area contributed by atoms with E-state index < -0.39 is 30.0 Å². The number of rotatable bonds is 4. The molecule has 0 bridgehead atoms. The molecule has 82 valence electrons. The van der Waals surface area contributed by atoms with E-state index >= 15 is 0 Å². The van der Waals surface area contributed by atoms with E-state index in [1.165, 1.54) is 0 Å². The zero-order valence-electron chi connectivity index (χ0n) is 7.49. The highest BCUT2D eigenvalue weighted by molar-refractivity contribution is 5.88. The van der Waals surface area contributed by atoms with Crippen molar-refractivity contribution in [3.05, 3.63) is 11.4 Å². The predicted molar refractivity (Wildman–Crippen MR) is 41.3 cm³/mol.